The Balaban J connectivity index is 1.24. The molecule has 0 saturated carbocycles. The molecule has 3 aliphatic rings. The SMILES string of the molecule is COc1nccc(N2CCOC3(CCN(CC(O)c4ccc5c(c4C)COC5=O)CC3)C2=O)n1. The van der Waals surface area contributed by atoms with Crippen LogP contribution in [0.1, 0.15) is 46.0 Å². The first-order chi connectivity index (χ1) is 16.4. The maximum atomic E-state index is 13.4. The number of carbonyl (C=O) groups is 2. The number of aromatic nitrogens is 2. The summed E-state index contributed by atoms with van der Waals surface area (Å²) in [5, 5.41) is 10.9. The molecule has 2 aromatic rings. The first kappa shape index (κ1) is 22.7. The Hall–Kier alpha value is -3.08. The number of fused-ring (bicyclic) bond motifs is 1. The number of benzene rings is 1. The Labute approximate surface area is 197 Å². The number of esters is 1. The van der Waals surface area contributed by atoms with Crippen molar-refractivity contribution in [2.75, 3.05) is 44.8 Å². The normalized spacial score (nSPS) is 20.9. The van der Waals surface area contributed by atoms with Crippen LogP contribution in [0.3, 0.4) is 0 Å². The molecule has 1 N–H and O–H groups in total. The van der Waals surface area contributed by atoms with Crippen LogP contribution in [0.25, 0.3) is 0 Å². The van der Waals surface area contributed by atoms with Gasteiger partial charge in [0, 0.05) is 31.4 Å². The smallest absolute Gasteiger partial charge is 0.338 e. The number of ether oxygens (including phenoxy) is 3. The van der Waals surface area contributed by atoms with Crippen LogP contribution in [0.4, 0.5) is 5.82 Å². The summed E-state index contributed by atoms with van der Waals surface area (Å²) in [5.74, 6) is 0.0952. The zero-order valence-corrected chi connectivity index (χ0v) is 19.3. The van der Waals surface area contributed by atoms with Gasteiger partial charge < -0.3 is 24.2 Å². The highest BCUT2D eigenvalue weighted by Gasteiger charge is 2.48. The van der Waals surface area contributed by atoms with Crippen molar-refractivity contribution >= 4 is 17.7 Å². The number of amides is 1. The average Bonchev–Trinajstić information content (AvgIpc) is 3.24. The molecule has 1 aromatic heterocycles. The van der Waals surface area contributed by atoms with Crippen LogP contribution in [0.5, 0.6) is 6.01 Å². The fourth-order valence-electron chi connectivity index (χ4n) is 5.07. The van der Waals surface area contributed by atoms with Gasteiger partial charge in [0.15, 0.2) is 0 Å². The van der Waals surface area contributed by atoms with Gasteiger partial charge in [-0.15, -0.1) is 0 Å². The van der Waals surface area contributed by atoms with E-state index in [4.69, 9.17) is 14.2 Å². The number of β-amino-alcohol motifs (C(OH)–C–C–N with tert-alkyl or cyclic N) is 1. The molecule has 4 heterocycles. The van der Waals surface area contributed by atoms with Crippen molar-refractivity contribution in [2.24, 2.45) is 0 Å². The Kier molecular flexibility index (Phi) is 5.97. The largest absolute Gasteiger partial charge is 0.467 e. The molecule has 1 atom stereocenters. The Bertz CT molecular complexity index is 1110. The summed E-state index contributed by atoms with van der Waals surface area (Å²) in [6.07, 6.45) is 1.93. The van der Waals surface area contributed by atoms with Gasteiger partial charge in [-0.05, 0) is 43.0 Å². The minimum Gasteiger partial charge on any atom is -0.467 e. The quantitative estimate of drug-likeness (QED) is 0.650. The highest BCUT2D eigenvalue weighted by molar-refractivity contribution is 5.99. The summed E-state index contributed by atoms with van der Waals surface area (Å²) in [6.45, 7) is 4.69. The second kappa shape index (κ2) is 8.94. The first-order valence-electron chi connectivity index (χ1n) is 11.4. The fraction of sp³-hybridized carbons (Fsp3) is 0.500. The van der Waals surface area contributed by atoms with E-state index >= 15 is 0 Å². The van der Waals surface area contributed by atoms with Gasteiger partial charge in [0.05, 0.1) is 31.9 Å². The number of hydrogen-bond acceptors (Lipinski definition) is 9. The highest BCUT2D eigenvalue weighted by Crippen LogP contribution is 2.35. The molecule has 0 aliphatic carbocycles. The molecule has 1 amide bonds. The standard InChI is InChI=1S/C24H28N4O6/c1-15-16(3-4-17-18(15)14-33-21(17)30)19(29)13-27-9-6-24(7-10-27)22(31)28(11-12-34-24)20-5-8-25-23(26-20)32-2/h3-5,8,19,29H,6-7,9-14H2,1-2H3. The van der Waals surface area contributed by atoms with E-state index in [2.05, 4.69) is 14.9 Å². The average molecular weight is 469 g/mol. The van der Waals surface area contributed by atoms with Crippen molar-refractivity contribution in [3.8, 4) is 6.01 Å². The molecule has 2 fully saturated rings. The van der Waals surface area contributed by atoms with Crippen molar-refractivity contribution in [2.45, 2.75) is 38.1 Å². The first-order valence-corrected chi connectivity index (χ1v) is 11.4. The summed E-state index contributed by atoms with van der Waals surface area (Å²) in [4.78, 5) is 37.3. The highest BCUT2D eigenvalue weighted by atomic mass is 16.5. The maximum Gasteiger partial charge on any atom is 0.338 e. The molecule has 2 saturated heterocycles. The molecule has 34 heavy (non-hydrogen) atoms. The second-order valence-corrected chi connectivity index (χ2v) is 8.90. The second-order valence-electron chi connectivity index (χ2n) is 8.90. The third-order valence-electron chi connectivity index (χ3n) is 7.07. The van der Waals surface area contributed by atoms with Crippen LogP contribution in [-0.4, -0.2) is 77.3 Å². The van der Waals surface area contributed by atoms with Crippen molar-refractivity contribution in [3.05, 3.63) is 46.6 Å². The molecule has 180 valence electrons. The molecule has 5 rings (SSSR count). The van der Waals surface area contributed by atoms with Crippen LogP contribution < -0.4 is 9.64 Å². The monoisotopic (exact) mass is 468 g/mol. The van der Waals surface area contributed by atoms with Crippen molar-refractivity contribution in [1.82, 2.24) is 14.9 Å². The summed E-state index contributed by atoms with van der Waals surface area (Å²) in [5.41, 5.74) is 2.23. The number of likely N-dealkylation sites (tertiary alicyclic amines) is 1. The molecule has 1 unspecified atom stereocenters. The Morgan fingerprint density at radius 2 is 2.00 bits per heavy atom. The molecule has 1 aromatic carbocycles. The van der Waals surface area contributed by atoms with E-state index in [1.54, 1.807) is 29.3 Å². The fourth-order valence-corrected chi connectivity index (χ4v) is 5.07. The van der Waals surface area contributed by atoms with Crippen LogP contribution in [0.2, 0.25) is 0 Å². The Morgan fingerprint density at radius 3 is 2.76 bits per heavy atom. The third kappa shape index (κ3) is 3.91. The van der Waals surface area contributed by atoms with Gasteiger partial charge in [0.25, 0.3) is 5.91 Å². The third-order valence-corrected chi connectivity index (χ3v) is 7.07. The van der Waals surface area contributed by atoms with E-state index < -0.39 is 11.7 Å². The summed E-state index contributed by atoms with van der Waals surface area (Å²) < 4.78 is 16.3. The number of rotatable bonds is 5. The number of piperidine rings is 1. The number of methoxy groups -OCH3 is 1. The van der Waals surface area contributed by atoms with E-state index in [9.17, 15) is 14.7 Å². The predicted octanol–water partition coefficient (Wildman–Crippen LogP) is 1.40. The van der Waals surface area contributed by atoms with Gasteiger partial charge in [-0.2, -0.15) is 4.98 Å². The van der Waals surface area contributed by atoms with Crippen LogP contribution >= 0.6 is 0 Å². The van der Waals surface area contributed by atoms with Gasteiger partial charge in [0.1, 0.15) is 18.0 Å². The summed E-state index contributed by atoms with van der Waals surface area (Å²) in [6, 6.07) is 5.45. The molecular weight excluding hydrogens is 440 g/mol. The predicted molar refractivity (Wildman–Crippen MR) is 121 cm³/mol. The number of carbonyl (C=O) groups excluding carboxylic acids is 2. The number of aliphatic hydroxyl groups excluding tert-OH is 1. The molecule has 10 nitrogen and oxygen atoms in total. The van der Waals surface area contributed by atoms with Gasteiger partial charge in [-0.3, -0.25) is 9.69 Å². The van der Waals surface area contributed by atoms with Gasteiger partial charge in [0.2, 0.25) is 0 Å². The van der Waals surface area contributed by atoms with Crippen LogP contribution in [0, 0.1) is 6.92 Å². The minimum absolute atomic E-state index is 0.0983. The van der Waals surface area contributed by atoms with E-state index in [-0.39, 0.29) is 24.5 Å². The molecule has 1 spiro atoms. The zero-order chi connectivity index (χ0) is 23.9. The minimum atomic E-state index is -0.890. The zero-order valence-electron chi connectivity index (χ0n) is 19.3. The summed E-state index contributed by atoms with van der Waals surface area (Å²) >= 11 is 0. The lowest BCUT2D eigenvalue weighted by atomic mass is 9.87. The van der Waals surface area contributed by atoms with Crippen molar-refractivity contribution in [1.29, 1.82) is 0 Å². The number of aliphatic hydroxyl groups is 1. The maximum absolute atomic E-state index is 13.4. The van der Waals surface area contributed by atoms with Crippen molar-refractivity contribution < 1.29 is 28.9 Å². The van der Waals surface area contributed by atoms with Gasteiger partial charge in [-0.1, -0.05) is 6.07 Å². The lowest BCUT2D eigenvalue weighted by molar-refractivity contribution is -0.158. The molecule has 0 bridgehead atoms. The number of cyclic esters (lactones) is 1. The molecule has 0 radical (unpaired) electrons. The van der Waals surface area contributed by atoms with Gasteiger partial charge >= 0.3 is 12.0 Å². The van der Waals surface area contributed by atoms with E-state index in [0.29, 0.717) is 57.0 Å². The van der Waals surface area contributed by atoms with E-state index in [0.717, 1.165) is 16.7 Å². The van der Waals surface area contributed by atoms with Crippen LogP contribution in [0.15, 0.2) is 24.4 Å². The number of nitrogens with zero attached hydrogens (tertiary/aromatic N) is 4. The number of hydrogen-bond donors (Lipinski definition) is 1. The number of morpholine rings is 1. The molecular formula is C24H28N4O6. The summed E-state index contributed by atoms with van der Waals surface area (Å²) in [7, 11) is 1.49. The molecule has 10 heteroatoms. The van der Waals surface area contributed by atoms with Crippen LogP contribution in [-0.2, 0) is 20.9 Å². The lowest BCUT2D eigenvalue weighted by Gasteiger charge is -2.45. The van der Waals surface area contributed by atoms with E-state index in [1.165, 1.54) is 7.11 Å². The molecule has 3 aliphatic heterocycles. The number of anilines is 1. The Morgan fingerprint density at radius 1 is 1.21 bits per heavy atom. The van der Waals surface area contributed by atoms with Crippen molar-refractivity contribution in [3.63, 3.8) is 0 Å². The topological polar surface area (TPSA) is 114 Å². The van der Waals surface area contributed by atoms with E-state index in [1.807, 2.05) is 6.92 Å². The van der Waals surface area contributed by atoms with Gasteiger partial charge in [-0.25, -0.2) is 9.78 Å². The lowest BCUT2D eigenvalue weighted by Crippen LogP contribution is -2.61.